The number of aliphatic hydroxyl groups is 1. The molecule has 1 aliphatic heterocycles. The van der Waals surface area contributed by atoms with Crippen molar-refractivity contribution in [2.24, 2.45) is 0 Å². The van der Waals surface area contributed by atoms with Crippen LogP contribution in [-0.2, 0) is 0 Å². The van der Waals surface area contributed by atoms with Gasteiger partial charge in [-0.05, 0) is 57.7 Å². The molecular formula is C18H23NO2. The fourth-order valence-electron chi connectivity index (χ4n) is 3.04. The summed E-state index contributed by atoms with van der Waals surface area (Å²) in [5, 5.41) is 8.89. The van der Waals surface area contributed by atoms with Gasteiger partial charge in [0.1, 0.15) is 6.61 Å². The first-order valence-corrected chi connectivity index (χ1v) is 7.57. The predicted octanol–water partition coefficient (Wildman–Crippen LogP) is 2.74. The highest BCUT2D eigenvalue weighted by Gasteiger charge is 2.30. The highest BCUT2D eigenvalue weighted by atomic mass is 16.2. The van der Waals surface area contributed by atoms with Crippen molar-refractivity contribution < 1.29 is 9.90 Å². The molecule has 3 nitrogen and oxygen atoms in total. The van der Waals surface area contributed by atoms with Gasteiger partial charge in [0.15, 0.2) is 0 Å². The monoisotopic (exact) mass is 285 g/mol. The van der Waals surface area contributed by atoms with Gasteiger partial charge >= 0.3 is 0 Å². The first-order valence-electron chi connectivity index (χ1n) is 7.57. The van der Waals surface area contributed by atoms with Gasteiger partial charge in [-0.2, -0.15) is 0 Å². The molecule has 0 spiro atoms. The zero-order chi connectivity index (χ0) is 15.4. The van der Waals surface area contributed by atoms with Crippen LogP contribution >= 0.6 is 0 Å². The minimum absolute atomic E-state index is 0.0527. The number of aryl methyl sites for hydroxylation is 1. The largest absolute Gasteiger partial charge is 0.384 e. The third-order valence-corrected chi connectivity index (χ3v) is 4.14. The van der Waals surface area contributed by atoms with Gasteiger partial charge in [0.05, 0.1) is 5.56 Å². The van der Waals surface area contributed by atoms with Gasteiger partial charge in [-0.25, -0.2) is 0 Å². The Hall–Kier alpha value is -1.79. The van der Waals surface area contributed by atoms with Crippen LogP contribution in [0, 0.1) is 18.8 Å². The molecule has 3 heteroatoms. The van der Waals surface area contributed by atoms with Crippen LogP contribution in [0.4, 0.5) is 0 Å². The number of benzene rings is 1. The first-order chi connectivity index (χ1) is 10.0. The molecule has 1 aliphatic rings. The number of nitrogens with zero attached hydrogens (tertiary/aromatic N) is 1. The smallest absolute Gasteiger partial charge is 0.255 e. The molecule has 1 N–H and O–H groups in total. The van der Waals surface area contributed by atoms with Gasteiger partial charge in [-0.15, -0.1) is 0 Å². The van der Waals surface area contributed by atoms with Crippen LogP contribution in [0.25, 0.3) is 0 Å². The number of likely N-dealkylation sites (tertiary alicyclic amines) is 1. The lowest BCUT2D eigenvalue weighted by Crippen LogP contribution is -2.47. The van der Waals surface area contributed by atoms with Crippen molar-refractivity contribution in [2.75, 3.05) is 6.61 Å². The molecule has 0 bridgehead atoms. The molecular weight excluding hydrogens is 262 g/mol. The Labute approximate surface area is 127 Å². The van der Waals surface area contributed by atoms with Gasteiger partial charge in [-0.3, -0.25) is 4.79 Å². The van der Waals surface area contributed by atoms with Crippen LogP contribution in [0.2, 0.25) is 0 Å². The number of hydrogen-bond acceptors (Lipinski definition) is 2. The van der Waals surface area contributed by atoms with Crippen LogP contribution in [-0.4, -0.2) is 34.6 Å². The first kappa shape index (κ1) is 15.6. The van der Waals surface area contributed by atoms with E-state index in [9.17, 15) is 4.79 Å². The van der Waals surface area contributed by atoms with E-state index in [-0.39, 0.29) is 24.6 Å². The number of carbonyl (C=O) groups is 1. The molecule has 1 saturated heterocycles. The van der Waals surface area contributed by atoms with E-state index in [0.717, 1.165) is 18.4 Å². The van der Waals surface area contributed by atoms with Crippen LogP contribution in [0.3, 0.4) is 0 Å². The summed E-state index contributed by atoms with van der Waals surface area (Å²) in [6, 6.07) is 6.24. The van der Waals surface area contributed by atoms with Gasteiger partial charge in [0.2, 0.25) is 0 Å². The number of amides is 1. The van der Waals surface area contributed by atoms with Gasteiger partial charge < -0.3 is 10.0 Å². The summed E-state index contributed by atoms with van der Waals surface area (Å²) in [5.41, 5.74) is 2.41. The Morgan fingerprint density at radius 3 is 2.62 bits per heavy atom. The minimum Gasteiger partial charge on any atom is -0.384 e. The van der Waals surface area contributed by atoms with Crippen molar-refractivity contribution in [1.29, 1.82) is 0 Å². The topological polar surface area (TPSA) is 40.5 Å². The van der Waals surface area contributed by atoms with E-state index in [1.807, 2.05) is 30.0 Å². The second-order valence-corrected chi connectivity index (χ2v) is 5.85. The third-order valence-electron chi connectivity index (χ3n) is 4.14. The summed E-state index contributed by atoms with van der Waals surface area (Å²) < 4.78 is 0. The van der Waals surface area contributed by atoms with Gasteiger partial charge in [0, 0.05) is 17.6 Å². The maximum atomic E-state index is 12.9. The second-order valence-electron chi connectivity index (χ2n) is 5.85. The number of carbonyl (C=O) groups excluding carboxylic acids is 1. The van der Waals surface area contributed by atoms with Gasteiger partial charge in [-0.1, -0.05) is 17.9 Å². The fraction of sp³-hybridized carbons (Fsp3) is 0.500. The summed E-state index contributed by atoms with van der Waals surface area (Å²) in [4.78, 5) is 14.9. The van der Waals surface area contributed by atoms with Crippen molar-refractivity contribution in [3.63, 3.8) is 0 Å². The highest BCUT2D eigenvalue weighted by molar-refractivity contribution is 5.97. The van der Waals surface area contributed by atoms with Crippen molar-refractivity contribution in [3.05, 3.63) is 34.9 Å². The van der Waals surface area contributed by atoms with Crippen LogP contribution in [0.5, 0.6) is 0 Å². The molecule has 2 rings (SSSR count). The van der Waals surface area contributed by atoms with Crippen LogP contribution in [0.15, 0.2) is 18.2 Å². The zero-order valence-electron chi connectivity index (χ0n) is 13.0. The molecule has 1 aromatic rings. The average molecular weight is 285 g/mol. The number of rotatable bonds is 1. The standard InChI is InChI=1S/C18H23NO2/c1-13-9-10-17(16(12-13)8-5-11-20)18(21)19-14(2)6-4-7-15(19)3/h9-10,12,14-15,20H,4,6-7,11H2,1-3H3/t14-,15+. The van der Waals surface area contributed by atoms with Crippen LogP contribution < -0.4 is 0 Å². The quantitative estimate of drug-likeness (QED) is 0.806. The molecule has 1 fully saturated rings. The lowest BCUT2D eigenvalue weighted by atomic mass is 9.95. The maximum absolute atomic E-state index is 12.9. The Balaban J connectivity index is 2.38. The Bertz CT molecular complexity index is 573. The summed E-state index contributed by atoms with van der Waals surface area (Å²) in [5.74, 6) is 5.61. The summed E-state index contributed by atoms with van der Waals surface area (Å²) in [7, 11) is 0. The fourth-order valence-corrected chi connectivity index (χ4v) is 3.04. The number of piperidine rings is 1. The van der Waals surface area contributed by atoms with Gasteiger partial charge in [0.25, 0.3) is 5.91 Å². The molecule has 112 valence electrons. The van der Waals surface area contributed by atoms with E-state index in [4.69, 9.17) is 5.11 Å². The summed E-state index contributed by atoms with van der Waals surface area (Å²) in [6.07, 6.45) is 3.29. The third kappa shape index (κ3) is 3.46. The zero-order valence-corrected chi connectivity index (χ0v) is 13.0. The maximum Gasteiger partial charge on any atom is 0.255 e. The van der Waals surface area contributed by atoms with Crippen molar-refractivity contribution in [1.82, 2.24) is 4.90 Å². The molecule has 21 heavy (non-hydrogen) atoms. The second kappa shape index (κ2) is 6.78. The van der Waals surface area contributed by atoms with Crippen molar-refractivity contribution in [3.8, 4) is 11.8 Å². The molecule has 0 saturated carbocycles. The number of hydrogen-bond donors (Lipinski definition) is 1. The summed E-state index contributed by atoms with van der Waals surface area (Å²) in [6.45, 7) is 6.00. The van der Waals surface area contributed by atoms with Crippen LogP contribution in [0.1, 0.15) is 54.6 Å². The van der Waals surface area contributed by atoms with E-state index < -0.39 is 0 Å². The molecule has 0 aliphatic carbocycles. The summed E-state index contributed by atoms with van der Waals surface area (Å²) >= 11 is 0. The lowest BCUT2D eigenvalue weighted by molar-refractivity contribution is 0.0510. The van der Waals surface area contributed by atoms with E-state index in [1.165, 1.54) is 6.42 Å². The Kier molecular flexibility index (Phi) is 5.03. The predicted molar refractivity (Wildman–Crippen MR) is 84.1 cm³/mol. The lowest BCUT2D eigenvalue weighted by Gasteiger charge is -2.39. The molecule has 2 atom stereocenters. The number of aliphatic hydroxyl groups excluding tert-OH is 1. The molecule has 1 heterocycles. The van der Waals surface area contributed by atoms with Crippen molar-refractivity contribution in [2.45, 2.75) is 52.1 Å². The molecule has 1 amide bonds. The van der Waals surface area contributed by atoms with E-state index in [1.54, 1.807) is 0 Å². The normalized spacial score (nSPS) is 21.6. The average Bonchev–Trinajstić information content (AvgIpc) is 2.44. The molecule has 0 unspecified atom stereocenters. The molecule has 1 aromatic carbocycles. The Morgan fingerprint density at radius 1 is 1.33 bits per heavy atom. The highest BCUT2D eigenvalue weighted by Crippen LogP contribution is 2.25. The Morgan fingerprint density at radius 2 is 2.00 bits per heavy atom. The van der Waals surface area contributed by atoms with E-state index in [2.05, 4.69) is 25.7 Å². The minimum atomic E-state index is -0.196. The SMILES string of the molecule is Cc1ccc(C(=O)N2[C@H](C)CCC[C@@H]2C)c(C#CCO)c1. The van der Waals surface area contributed by atoms with E-state index >= 15 is 0 Å². The molecule has 0 radical (unpaired) electrons. The van der Waals surface area contributed by atoms with E-state index in [0.29, 0.717) is 11.1 Å². The van der Waals surface area contributed by atoms with Crippen molar-refractivity contribution >= 4 is 5.91 Å². The molecule has 0 aromatic heterocycles.